The smallest absolute Gasteiger partial charge is 0.251 e. The fourth-order valence-electron chi connectivity index (χ4n) is 3.42. The highest BCUT2D eigenvalue weighted by Crippen LogP contribution is 2.24. The first kappa shape index (κ1) is 26.6. The molecule has 9 nitrogen and oxygen atoms in total. The Labute approximate surface area is 221 Å². The van der Waals surface area contributed by atoms with Crippen LogP contribution in [0, 0.1) is 11.6 Å². The Bertz CT molecular complexity index is 1410. The molecule has 2 amide bonds. The van der Waals surface area contributed by atoms with Gasteiger partial charge >= 0.3 is 0 Å². The number of aromatic nitrogens is 3. The number of hydrogen-bond donors (Lipinski definition) is 2. The maximum atomic E-state index is 13.6. The van der Waals surface area contributed by atoms with E-state index in [4.69, 9.17) is 9.47 Å². The molecule has 0 bridgehead atoms. The van der Waals surface area contributed by atoms with Gasteiger partial charge in [0.2, 0.25) is 5.91 Å². The molecule has 2 N–H and O–H groups in total. The van der Waals surface area contributed by atoms with E-state index in [1.807, 2.05) is 0 Å². The van der Waals surface area contributed by atoms with Crippen molar-refractivity contribution in [3.05, 3.63) is 89.8 Å². The molecular weight excluding hydrogens is 516 g/mol. The second kappa shape index (κ2) is 12.2. The van der Waals surface area contributed by atoms with Gasteiger partial charge in [-0.15, -0.1) is 10.2 Å². The molecular formula is C26H23F2N5O4S. The van der Waals surface area contributed by atoms with Crippen LogP contribution in [0.25, 0.3) is 5.69 Å². The molecule has 0 aliphatic heterocycles. The van der Waals surface area contributed by atoms with Crippen LogP contribution in [0.2, 0.25) is 0 Å². The number of rotatable bonds is 10. The predicted molar refractivity (Wildman–Crippen MR) is 138 cm³/mol. The summed E-state index contributed by atoms with van der Waals surface area (Å²) in [6.07, 6.45) is 0. The number of halogens is 2. The lowest BCUT2D eigenvalue weighted by molar-refractivity contribution is -0.113. The maximum Gasteiger partial charge on any atom is 0.251 e. The summed E-state index contributed by atoms with van der Waals surface area (Å²) in [5.41, 5.74) is 1.32. The van der Waals surface area contributed by atoms with Crippen LogP contribution in [-0.2, 0) is 11.3 Å². The molecule has 38 heavy (non-hydrogen) atoms. The van der Waals surface area contributed by atoms with E-state index < -0.39 is 17.5 Å². The van der Waals surface area contributed by atoms with Crippen molar-refractivity contribution >= 4 is 29.3 Å². The number of carbonyl (C=O) groups excluding carboxylic acids is 2. The highest BCUT2D eigenvalue weighted by atomic mass is 32.2. The highest BCUT2D eigenvalue weighted by Gasteiger charge is 2.18. The number of methoxy groups -OCH3 is 2. The zero-order chi connectivity index (χ0) is 27.1. The summed E-state index contributed by atoms with van der Waals surface area (Å²) < 4.78 is 38.8. The van der Waals surface area contributed by atoms with Gasteiger partial charge in [-0.05, 0) is 60.7 Å². The minimum Gasteiger partial charge on any atom is -0.497 e. The Morgan fingerprint density at radius 1 is 0.895 bits per heavy atom. The standard InChI is InChI=1S/C26H23F2N5O4S/c1-36-21-11-16(12-22(13-21)37-2)25(35)29-14-23-31-32-26(33(23)20-9-5-18(28)6-10-20)38-15-24(34)30-19-7-3-17(27)4-8-19/h3-13H,14-15H2,1-2H3,(H,29,35)(H,30,34). The van der Waals surface area contributed by atoms with Gasteiger partial charge < -0.3 is 20.1 Å². The Kier molecular flexibility index (Phi) is 8.54. The monoisotopic (exact) mass is 539 g/mol. The van der Waals surface area contributed by atoms with Gasteiger partial charge in [-0.25, -0.2) is 8.78 Å². The summed E-state index contributed by atoms with van der Waals surface area (Å²) in [5, 5.41) is 14.2. The van der Waals surface area contributed by atoms with Gasteiger partial charge in [0.15, 0.2) is 11.0 Å². The van der Waals surface area contributed by atoms with Crippen molar-refractivity contribution in [1.29, 1.82) is 0 Å². The predicted octanol–water partition coefficient (Wildman–Crippen LogP) is 4.22. The Hall–Kier alpha value is -4.45. The number of nitrogens with one attached hydrogen (secondary N) is 2. The molecule has 0 aliphatic carbocycles. The Morgan fingerprint density at radius 3 is 2.11 bits per heavy atom. The fourth-order valence-corrected chi connectivity index (χ4v) is 4.19. The molecule has 12 heteroatoms. The summed E-state index contributed by atoms with van der Waals surface area (Å²) in [4.78, 5) is 25.3. The minimum atomic E-state index is -0.420. The van der Waals surface area contributed by atoms with Crippen LogP contribution in [-0.4, -0.2) is 46.6 Å². The molecule has 196 valence electrons. The summed E-state index contributed by atoms with van der Waals surface area (Å²) in [5.74, 6) is -0.302. The molecule has 0 saturated heterocycles. The number of carbonyl (C=O) groups is 2. The summed E-state index contributed by atoms with van der Waals surface area (Å²) in [7, 11) is 2.97. The number of hydrogen-bond acceptors (Lipinski definition) is 7. The van der Waals surface area contributed by atoms with Crippen molar-refractivity contribution in [1.82, 2.24) is 20.1 Å². The number of ether oxygens (including phenoxy) is 2. The van der Waals surface area contributed by atoms with Crippen molar-refractivity contribution in [2.24, 2.45) is 0 Å². The van der Waals surface area contributed by atoms with E-state index in [1.165, 1.54) is 50.6 Å². The zero-order valence-electron chi connectivity index (χ0n) is 20.4. The highest BCUT2D eigenvalue weighted by molar-refractivity contribution is 7.99. The van der Waals surface area contributed by atoms with Crippen LogP contribution in [0.1, 0.15) is 16.2 Å². The minimum absolute atomic E-state index is 0.00886. The quantitative estimate of drug-likeness (QED) is 0.291. The Morgan fingerprint density at radius 2 is 1.50 bits per heavy atom. The molecule has 0 fully saturated rings. The molecule has 0 unspecified atom stereocenters. The third kappa shape index (κ3) is 6.65. The van der Waals surface area contributed by atoms with E-state index >= 15 is 0 Å². The molecule has 0 aliphatic rings. The lowest BCUT2D eigenvalue weighted by Crippen LogP contribution is -2.24. The van der Waals surface area contributed by atoms with Crippen LogP contribution >= 0.6 is 11.8 Å². The normalized spacial score (nSPS) is 10.6. The van der Waals surface area contributed by atoms with Crippen LogP contribution in [0.4, 0.5) is 14.5 Å². The zero-order valence-corrected chi connectivity index (χ0v) is 21.2. The number of thioether (sulfide) groups is 1. The third-order valence-electron chi connectivity index (χ3n) is 5.27. The number of nitrogens with zero attached hydrogens (tertiary/aromatic N) is 3. The van der Waals surface area contributed by atoms with Crippen molar-refractivity contribution in [3.8, 4) is 17.2 Å². The van der Waals surface area contributed by atoms with Crippen molar-refractivity contribution in [2.45, 2.75) is 11.7 Å². The molecule has 0 atom stereocenters. The number of anilines is 1. The van der Waals surface area contributed by atoms with E-state index in [9.17, 15) is 18.4 Å². The first-order chi connectivity index (χ1) is 18.4. The molecule has 4 aromatic rings. The van der Waals surface area contributed by atoms with Gasteiger partial charge in [-0.2, -0.15) is 0 Å². The van der Waals surface area contributed by atoms with Crippen molar-refractivity contribution in [3.63, 3.8) is 0 Å². The first-order valence-corrected chi connectivity index (χ1v) is 12.2. The summed E-state index contributed by atoms with van der Waals surface area (Å²) in [6.45, 7) is -0.00886. The van der Waals surface area contributed by atoms with Crippen molar-refractivity contribution < 1.29 is 27.8 Å². The lowest BCUT2D eigenvalue weighted by Gasteiger charge is -2.12. The SMILES string of the molecule is COc1cc(OC)cc(C(=O)NCc2nnc(SCC(=O)Nc3ccc(F)cc3)n2-c2ccc(F)cc2)c1. The van der Waals surface area contributed by atoms with Gasteiger partial charge in [-0.3, -0.25) is 14.2 Å². The van der Waals surface area contributed by atoms with Gasteiger partial charge in [0.25, 0.3) is 5.91 Å². The van der Waals surface area contributed by atoms with E-state index in [2.05, 4.69) is 20.8 Å². The average molecular weight is 540 g/mol. The Balaban J connectivity index is 1.51. The fraction of sp³-hybridized carbons (Fsp3) is 0.154. The topological polar surface area (TPSA) is 107 Å². The largest absolute Gasteiger partial charge is 0.497 e. The summed E-state index contributed by atoms with van der Waals surface area (Å²) in [6, 6.07) is 15.9. The van der Waals surface area contributed by atoms with E-state index in [0.717, 1.165) is 11.8 Å². The molecule has 4 rings (SSSR count). The molecule has 1 heterocycles. The third-order valence-corrected chi connectivity index (χ3v) is 6.20. The number of amides is 2. The van der Waals surface area contributed by atoms with Crippen LogP contribution in [0.5, 0.6) is 11.5 Å². The molecule has 0 saturated carbocycles. The summed E-state index contributed by atoms with van der Waals surface area (Å²) >= 11 is 1.10. The number of benzene rings is 3. The molecule has 3 aromatic carbocycles. The maximum absolute atomic E-state index is 13.6. The van der Waals surface area contributed by atoms with Crippen LogP contribution < -0.4 is 20.1 Å². The van der Waals surface area contributed by atoms with E-state index in [1.54, 1.807) is 34.9 Å². The van der Waals surface area contributed by atoms with Gasteiger partial charge in [0, 0.05) is 23.0 Å². The lowest BCUT2D eigenvalue weighted by atomic mass is 10.2. The first-order valence-electron chi connectivity index (χ1n) is 11.3. The second-order valence-corrected chi connectivity index (χ2v) is 8.78. The van der Waals surface area contributed by atoms with Crippen molar-refractivity contribution in [2.75, 3.05) is 25.3 Å². The van der Waals surface area contributed by atoms with E-state index in [-0.39, 0.29) is 18.2 Å². The molecule has 1 aromatic heterocycles. The van der Waals surface area contributed by atoms with E-state index in [0.29, 0.717) is 39.4 Å². The van der Waals surface area contributed by atoms with Gasteiger partial charge in [0.1, 0.15) is 23.1 Å². The molecule has 0 spiro atoms. The second-order valence-electron chi connectivity index (χ2n) is 7.84. The molecule has 0 radical (unpaired) electrons. The van der Waals surface area contributed by atoms with Crippen LogP contribution in [0.15, 0.2) is 71.9 Å². The van der Waals surface area contributed by atoms with Gasteiger partial charge in [-0.1, -0.05) is 11.8 Å². The van der Waals surface area contributed by atoms with Crippen LogP contribution in [0.3, 0.4) is 0 Å². The average Bonchev–Trinajstić information content (AvgIpc) is 3.34. The van der Waals surface area contributed by atoms with Gasteiger partial charge in [0.05, 0.1) is 26.5 Å².